The highest BCUT2D eigenvalue weighted by Crippen LogP contribution is 2.34. The van der Waals surface area contributed by atoms with Gasteiger partial charge in [-0.1, -0.05) is 66.7 Å². The first-order valence-electron chi connectivity index (χ1n) is 9.33. The van der Waals surface area contributed by atoms with Crippen molar-refractivity contribution in [1.82, 2.24) is 0 Å². The Hall–Kier alpha value is -3.80. The van der Waals surface area contributed by atoms with E-state index in [-0.39, 0.29) is 12.0 Å². The van der Waals surface area contributed by atoms with Gasteiger partial charge in [0.15, 0.2) is 16.9 Å². The lowest BCUT2D eigenvalue weighted by atomic mass is 9.75. The molecule has 3 aromatic rings. The molecule has 0 fully saturated rings. The molecule has 0 saturated heterocycles. The van der Waals surface area contributed by atoms with Gasteiger partial charge in [-0.2, -0.15) is 0 Å². The van der Waals surface area contributed by atoms with Gasteiger partial charge in [-0.15, -0.1) is 0 Å². The zero-order chi connectivity index (χ0) is 21.6. The number of carbonyl (C=O) groups is 2. The highest BCUT2D eigenvalue weighted by molar-refractivity contribution is 6.05. The monoisotopic (exact) mass is 406 g/mol. The van der Waals surface area contributed by atoms with Crippen molar-refractivity contribution in [3.8, 4) is 11.5 Å². The third kappa shape index (κ3) is 4.27. The normalized spacial score (nSPS) is 11.0. The summed E-state index contributed by atoms with van der Waals surface area (Å²) in [5.74, 6) is -1.96. The number of carboxylic acid groups (broad SMARTS) is 2. The molecule has 0 radical (unpaired) electrons. The number of methoxy groups -OCH3 is 1. The Morgan fingerprint density at radius 2 is 1.40 bits per heavy atom. The summed E-state index contributed by atoms with van der Waals surface area (Å²) in [4.78, 5) is 24.3. The molecule has 0 amide bonds. The molecule has 3 aromatic carbocycles. The second-order valence-electron chi connectivity index (χ2n) is 6.82. The molecule has 154 valence electrons. The average Bonchev–Trinajstić information content (AvgIpc) is 2.77. The second kappa shape index (κ2) is 9.13. The van der Waals surface area contributed by atoms with Crippen LogP contribution in [0.2, 0.25) is 0 Å². The minimum atomic E-state index is -2.12. The second-order valence-corrected chi connectivity index (χ2v) is 6.82. The minimum absolute atomic E-state index is 0.201. The van der Waals surface area contributed by atoms with Crippen LogP contribution in [0.25, 0.3) is 0 Å². The first kappa shape index (κ1) is 20.9. The van der Waals surface area contributed by atoms with Crippen molar-refractivity contribution in [3.05, 3.63) is 95.6 Å². The topological polar surface area (TPSA) is 93.1 Å². The maximum atomic E-state index is 12.1. The molecule has 0 aliphatic heterocycles. The first-order valence-corrected chi connectivity index (χ1v) is 9.33. The van der Waals surface area contributed by atoms with E-state index >= 15 is 0 Å². The summed E-state index contributed by atoms with van der Waals surface area (Å²) < 4.78 is 11.2. The van der Waals surface area contributed by atoms with Gasteiger partial charge in [-0.05, 0) is 28.8 Å². The molecule has 0 spiro atoms. The van der Waals surface area contributed by atoms with Gasteiger partial charge < -0.3 is 19.7 Å². The summed E-state index contributed by atoms with van der Waals surface area (Å²) in [5.41, 5.74) is -0.452. The van der Waals surface area contributed by atoms with Crippen LogP contribution in [0.5, 0.6) is 11.5 Å². The van der Waals surface area contributed by atoms with E-state index in [4.69, 9.17) is 9.47 Å². The summed E-state index contributed by atoms with van der Waals surface area (Å²) in [6.45, 7) is 0.294. The smallest absolute Gasteiger partial charge is 0.325 e. The number of benzene rings is 3. The molecule has 0 heterocycles. The first-order chi connectivity index (χ1) is 14.5. The molecule has 30 heavy (non-hydrogen) atoms. The third-order valence-corrected chi connectivity index (χ3v) is 4.93. The molecule has 0 bridgehead atoms. The molecular weight excluding hydrogens is 384 g/mol. The standard InChI is InChI=1S/C24H22O6/c1-29-20-13-12-18(14-21(20)30-16-17-8-4-2-5-9-17)15-24(22(25)26,23(27)28)19-10-6-3-7-11-19/h2-14H,15-16H2,1H3,(H,25,26)(H,27,28). The van der Waals surface area contributed by atoms with E-state index < -0.39 is 17.4 Å². The highest BCUT2D eigenvalue weighted by Gasteiger charge is 2.48. The Morgan fingerprint density at radius 1 is 0.800 bits per heavy atom. The lowest BCUT2D eigenvalue weighted by Gasteiger charge is -2.26. The van der Waals surface area contributed by atoms with Crippen LogP contribution in [0, 0.1) is 0 Å². The van der Waals surface area contributed by atoms with Gasteiger partial charge in [0.2, 0.25) is 0 Å². The van der Waals surface area contributed by atoms with Crippen LogP contribution >= 0.6 is 0 Å². The Labute approximate surface area is 174 Å². The summed E-state index contributed by atoms with van der Waals surface area (Å²) in [6.07, 6.45) is -0.243. The zero-order valence-corrected chi connectivity index (χ0v) is 16.4. The fourth-order valence-electron chi connectivity index (χ4n) is 3.30. The molecule has 2 N–H and O–H groups in total. The lowest BCUT2D eigenvalue weighted by Crippen LogP contribution is -2.45. The van der Waals surface area contributed by atoms with Gasteiger partial charge in [-0.25, -0.2) is 0 Å². The average molecular weight is 406 g/mol. The van der Waals surface area contributed by atoms with Crippen LogP contribution in [-0.2, 0) is 28.0 Å². The van der Waals surface area contributed by atoms with Crippen molar-refractivity contribution in [3.63, 3.8) is 0 Å². The van der Waals surface area contributed by atoms with Crippen molar-refractivity contribution in [2.24, 2.45) is 0 Å². The van der Waals surface area contributed by atoms with E-state index in [1.54, 1.807) is 36.4 Å². The molecule has 0 aliphatic carbocycles. The number of aliphatic carboxylic acids is 2. The Bertz CT molecular complexity index is 1000. The Morgan fingerprint density at radius 3 is 1.97 bits per heavy atom. The molecule has 3 rings (SSSR count). The van der Waals surface area contributed by atoms with Gasteiger partial charge in [0, 0.05) is 6.42 Å². The molecule has 0 aliphatic rings. The SMILES string of the molecule is COc1ccc(CC(C(=O)O)(C(=O)O)c2ccccc2)cc1OCc1ccccc1. The van der Waals surface area contributed by atoms with Crippen LogP contribution < -0.4 is 9.47 Å². The van der Waals surface area contributed by atoms with Gasteiger partial charge in [0.25, 0.3) is 0 Å². The van der Waals surface area contributed by atoms with Crippen LogP contribution in [0.3, 0.4) is 0 Å². The summed E-state index contributed by atoms with van der Waals surface area (Å²) in [6, 6.07) is 22.5. The summed E-state index contributed by atoms with van der Waals surface area (Å²) in [7, 11) is 1.51. The van der Waals surface area contributed by atoms with E-state index in [0.717, 1.165) is 5.56 Å². The molecule has 0 aromatic heterocycles. The number of ether oxygens (including phenoxy) is 2. The molecule has 6 nitrogen and oxygen atoms in total. The van der Waals surface area contributed by atoms with Crippen LogP contribution in [0.15, 0.2) is 78.9 Å². The lowest BCUT2D eigenvalue weighted by molar-refractivity contribution is -0.157. The van der Waals surface area contributed by atoms with Crippen molar-refractivity contribution >= 4 is 11.9 Å². The van der Waals surface area contributed by atoms with E-state index in [0.29, 0.717) is 23.7 Å². The number of hydrogen-bond donors (Lipinski definition) is 2. The van der Waals surface area contributed by atoms with E-state index in [1.165, 1.54) is 19.2 Å². The van der Waals surface area contributed by atoms with Crippen molar-refractivity contribution in [1.29, 1.82) is 0 Å². The van der Waals surface area contributed by atoms with Crippen LogP contribution in [-0.4, -0.2) is 29.3 Å². The molecule has 0 saturated carbocycles. The summed E-state index contributed by atoms with van der Waals surface area (Å²) >= 11 is 0. The van der Waals surface area contributed by atoms with E-state index in [1.807, 2.05) is 30.3 Å². The Balaban J connectivity index is 1.95. The Kier molecular flexibility index (Phi) is 6.37. The number of rotatable bonds is 9. The fraction of sp³-hybridized carbons (Fsp3) is 0.167. The van der Waals surface area contributed by atoms with Gasteiger partial charge >= 0.3 is 11.9 Å². The third-order valence-electron chi connectivity index (χ3n) is 4.93. The molecule has 0 unspecified atom stereocenters. The van der Waals surface area contributed by atoms with Gasteiger partial charge in [0.05, 0.1) is 7.11 Å². The molecule has 0 atom stereocenters. The molecule has 6 heteroatoms. The molecular formula is C24H22O6. The van der Waals surface area contributed by atoms with Gasteiger partial charge in [0.1, 0.15) is 6.61 Å². The fourth-order valence-corrected chi connectivity index (χ4v) is 3.30. The quantitative estimate of drug-likeness (QED) is 0.523. The summed E-state index contributed by atoms with van der Waals surface area (Å²) in [5, 5.41) is 19.8. The predicted molar refractivity (Wildman–Crippen MR) is 111 cm³/mol. The van der Waals surface area contributed by atoms with E-state index in [2.05, 4.69) is 0 Å². The maximum Gasteiger partial charge on any atom is 0.325 e. The zero-order valence-electron chi connectivity index (χ0n) is 16.4. The van der Waals surface area contributed by atoms with Crippen molar-refractivity contribution in [2.75, 3.05) is 7.11 Å². The van der Waals surface area contributed by atoms with Crippen LogP contribution in [0.4, 0.5) is 0 Å². The van der Waals surface area contributed by atoms with Crippen LogP contribution in [0.1, 0.15) is 16.7 Å². The highest BCUT2D eigenvalue weighted by atomic mass is 16.5. The number of carboxylic acids is 2. The van der Waals surface area contributed by atoms with E-state index in [9.17, 15) is 19.8 Å². The number of hydrogen-bond acceptors (Lipinski definition) is 4. The minimum Gasteiger partial charge on any atom is -0.493 e. The maximum absolute atomic E-state index is 12.1. The predicted octanol–water partition coefficient (Wildman–Crippen LogP) is 3.92. The van der Waals surface area contributed by atoms with Crippen molar-refractivity contribution in [2.45, 2.75) is 18.4 Å². The van der Waals surface area contributed by atoms with Crippen molar-refractivity contribution < 1.29 is 29.3 Å². The largest absolute Gasteiger partial charge is 0.493 e. The van der Waals surface area contributed by atoms with Gasteiger partial charge in [-0.3, -0.25) is 9.59 Å².